The molecule has 0 radical (unpaired) electrons. The first-order chi connectivity index (χ1) is 10.7. The van der Waals surface area contributed by atoms with Gasteiger partial charge in [0.05, 0.1) is 17.5 Å². The first-order valence-corrected chi connectivity index (χ1v) is 7.01. The van der Waals surface area contributed by atoms with Crippen molar-refractivity contribution in [3.63, 3.8) is 0 Å². The van der Waals surface area contributed by atoms with Crippen LogP contribution in [0.25, 0.3) is 21.9 Å². The first kappa shape index (κ1) is 12.6. The molecule has 0 atom stereocenters. The van der Waals surface area contributed by atoms with Gasteiger partial charge in [-0.05, 0) is 35.7 Å². The second kappa shape index (κ2) is 4.73. The van der Waals surface area contributed by atoms with E-state index in [9.17, 15) is 4.79 Å². The van der Waals surface area contributed by atoms with E-state index >= 15 is 0 Å². The average Bonchev–Trinajstić information content (AvgIpc) is 3.15. The lowest BCUT2D eigenvalue weighted by molar-refractivity contribution is 0.102. The fourth-order valence-corrected chi connectivity index (χ4v) is 2.66. The van der Waals surface area contributed by atoms with Crippen LogP contribution in [-0.4, -0.2) is 20.4 Å². The fraction of sp³-hybridized carbons (Fsp3) is 0.0588. The molecule has 0 aliphatic carbocycles. The number of amides is 1. The van der Waals surface area contributed by atoms with E-state index in [0.717, 1.165) is 21.9 Å². The van der Waals surface area contributed by atoms with Crippen molar-refractivity contribution in [3.8, 4) is 0 Å². The number of carbonyl (C=O) groups excluding carboxylic acids is 1. The number of aromatic amines is 1. The molecule has 4 aromatic rings. The summed E-state index contributed by atoms with van der Waals surface area (Å²) in [5.41, 5.74) is 4.02. The summed E-state index contributed by atoms with van der Waals surface area (Å²) in [5, 5.41) is 4.05. The van der Waals surface area contributed by atoms with Crippen LogP contribution in [0.15, 0.2) is 55.0 Å². The van der Waals surface area contributed by atoms with Crippen molar-refractivity contribution in [2.24, 2.45) is 7.05 Å². The van der Waals surface area contributed by atoms with E-state index in [0.29, 0.717) is 11.3 Å². The third kappa shape index (κ3) is 1.95. The summed E-state index contributed by atoms with van der Waals surface area (Å²) >= 11 is 0. The zero-order valence-corrected chi connectivity index (χ0v) is 12.0. The number of H-pyrrole nitrogens is 1. The van der Waals surface area contributed by atoms with Gasteiger partial charge in [0, 0.05) is 24.3 Å². The largest absolute Gasteiger partial charge is 0.351 e. The lowest BCUT2D eigenvalue weighted by Crippen LogP contribution is -2.12. The highest BCUT2D eigenvalue weighted by atomic mass is 16.1. The van der Waals surface area contributed by atoms with Crippen molar-refractivity contribution in [1.82, 2.24) is 14.5 Å². The Morgan fingerprint density at radius 2 is 2.14 bits per heavy atom. The molecular formula is C17H14N4O. The quantitative estimate of drug-likeness (QED) is 0.595. The van der Waals surface area contributed by atoms with Crippen LogP contribution in [0.1, 0.15) is 10.4 Å². The first-order valence-electron chi connectivity index (χ1n) is 7.01. The van der Waals surface area contributed by atoms with Gasteiger partial charge in [-0.25, -0.2) is 4.98 Å². The van der Waals surface area contributed by atoms with Gasteiger partial charge in [0.25, 0.3) is 5.91 Å². The van der Waals surface area contributed by atoms with Crippen molar-refractivity contribution in [1.29, 1.82) is 0 Å². The van der Waals surface area contributed by atoms with Gasteiger partial charge in [-0.15, -0.1) is 0 Å². The molecule has 0 saturated carbocycles. The number of carbonyl (C=O) groups is 1. The molecule has 5 nitrogen and oxygen atoms in total. The Hall–Kier alpha value is -3.08. The number of hydrogen-bond donors (Lipinski definition) is 2. The molecule has 0 saturated heterocycles. The summed E-state index contributed by atoms with van der Waals surface area (Å²) in [6.45, 7) is 0. The lowest BCUT2D eigenvalue weighted by Gasteiger charge is -2.07. The molecule has 2 heterocycles. The Balaban J connectivity index is 1.71. The molecular weight excluding hydrogens is 276 g/mol. The molecule has 0 bridgehead atoms. The third-order valence-electron chi connectivity index (χ3n) is 3.85. The Kier molecular flexibility index (Phi) is 2.72. The Morgan fingerprint density at radius 3 is 3.05 bits per heavy atom. The number of anilines is 1. The van der Waals surface area contributed by atoms with Crippen LogP contribution >= 0.6 is 0 Å². The summed E-state index contributed by atoms with van der Waals surface area (Å²) in [5.74, 6) is -0.140. The van der Waals surface area contributed by atoms with E-state index < -0.39 is 0 Å². The van der Waals surface area contributed by atoms with Gasteiger partial charge in [-0.3, -0.25) is 4.79 Å². The number of nitrogens with one attached hydrogen (secondary N) is 2. The van der Waals surface area contributed by atoms with E-state index in [4.69, 9.17) is 0 Å². The topological polar surface area (TPSA) is 62.7 Å². The van der Waals surface area contributed by atoms with Gasteiger partial charge in [0.2, 0.25) is 0 Å². The summed E-state index contributed by atoms with van der Waals surface area (Å²) in [6, 6.07) is 13.4. The molecule has 22 heavy (non-hydrogen) atoms. The van der Waals surface area contributed by atoms with Crippen molar-refractivity contribution in [3.05, 3.63) is 60.6 Å². The second-order valence-electron chi connectivity index (χ2n) is 5.26. The Morgan fingerprint density at radius 1 is 1.23 bits per heavy atom. The summed E-state index contributed by atoms with van der Waals surface area (Å²) in [6.07, 6.45) is 3.60. The monoisotopic (exact) mass is 290 g/mol. The number of rotatable bonds is 2. The second-order valence-corrected chi connectivity index (χ2v) is 5.26. The van der Waals surface area contributed by atoms with E-state index in [1.807, 2.05) is 60.3 Å². The highest BCUT2D eigenvalue weighted by Gasteiger charge is 2.11. The van der Waals surface area contributed by atoms with E-state index in [1.165, 1.54) is 0 Å². The fourth-order valence-electron chi connectivity index (χ4n) is 2.66. The SMILES string of the molecule is Cn1ccc2ccc(C(=O)Nc3cccc4[nH]cnc34)cc21. The molecule has 0 spiro atoms. The van der Waals surface area contributed by atoms with Crippen LogP contribution in [0.2, 0.25) is 0 Å². The zero-order valence-electron chi connectivity index (χ0n) is 12.0. The maximum Gasteiger partial charge on any atom is 0.255 e. The van der Waals surface area contributed by atoms with Crippen molar-refractivity contribution < 1.29 is 4.79 Å². The van der Waals surface area contributed by atoms with Crippen LogP contribution in [0.3, 0.4) is 0 Å². The van der Waals surface area contributed by atoms with Gasteiger partial charge in [-0.2, -0.15) is 0 Å². The van der Waals surface area contributed by atoms with E-state index in [1.54, 1.807) is 6.33 Å². The molecule has 2 aromatic heterocycles. The van der Waals surface area contributed by atoms with Gasteiger partial charge in [0.15, 0.2) is 0 Å². The number of hydrogen-bond acceptors (Lipinski definition) is 2. The number of aryl methyl sites for hydroxylation is 1. The van der Waals surface area contributed by atoms with E-state index in [-0.39, 0.29) is 5.91 Å². The predicted molar refractivity (Wildman–Crippen MR) is 87.0 cm³/mol. The minimum atomic E-state index is -0.140. The van der Waals surface area contributed by atoms with Crippen LogP contribution in [0, 0.1) is 0 Å². The Labute approximate surface area is 126 Å². The Bertz CT molecular complexity index is 996. The van der Waals surface area contributed by atoms with Crippen molar-refractivity contribution in [2.45, 2.75) is 0 Å². The minimum absolute atomic E-state index is 0.140. The summed E-state index contributed by atoms with van der Waals surface area (Å²) < 4.78 is 2.00. The lowest BCUT2D eigenvalue weighted by atomic mass is 10.1. The van der Waals surface area contributed by atoms with Crippen molar-refractivity contribution >= 4 is 33.5 Å². The number of nitrogens with zero attached hydrogens (tertiary/aromatic N) is 2. The maximum atomic E-state index is 12.5. The standard InChI is InChI=1S/C17H14N4O/c1-21-8-7-11-5-6-12(9-15(11)21)17(22)20-14-4-2-3-13-16(14)19-10-18-13/h2-10H,1H3,(H,18,19)(H,20,22). The molecule has 0 aliphatic rings. The summed E-state index contributed by atoms with van der Waals surface area (Å²) in [4.78, 5) is 19.8. The highest BCUT2D eigenvalue weighted by Crippen LogP contribution is 2.21. The molecule has 0 fully saturated rings. The predicted octanol–water partition coefficient (Wildman–Crippen LogP) is 3.31. The van der Waals surface area contributed by atoms with Gasteiger partial charge in [0.1, 0.15) is 5.52 Å². The number of aromatic nitrogens is 3. The molecule has 2 N–H and O–H groups in total. The van der Waals surface area contributed by atoms with E-state index in [2.05, 4.69) is 15.3 Å². The number of para-hydroxylation sites is 1. The normalized spacial score (nSPS) is 11.1. The van der Waals surface area contributed by atoms with Gasteiger partial charge < -0.3 is 14.9 Å². The third-order valence-corrected chi connectivity index (χ3v) is 3.85. The minimum Gasteiger partial charge on any atom is -0.351 e. The zero-order chi connectivity index (χ0) is 15.1. The molecule has 108 valence electrons. The number of imidazole rings is 1. The average molecular weight is 290 g/mol. The molecule has 0 aliphatic heterocycles. The smallest absolute Gasteiger partial charge is 0.255 e. The number of fused-ring (bicyclic) bond motifs is 2. The van der Waals surface area contributed by atoms with Gasteiger partial charge >= 0.3 is 0 Å². The molecule has 5 heteroatoms. The maximum absolute atomic E-state index is 12.5. The van der Waals surface area contributed by atoms with Crippen LogP contribution < -0.4 is 5.32 Å². The van der Waals surface area contributed by atoms with Crippen molar-refractivity contribution in [2.75, 3.05) is 5.32 Å². The molecule has 0 unspecified atom stereocenters. The van der Waals surface area contributed by atoms with Gasteiger partial charge in [-0.1, -0.05) is 12.1 Å². The molecule has 4 rings (SSSR count). The van der Waals surface area contributed by atoms with Crippen LogP contribution in [0.4, 0.5) is 5.69 Å². The molecule has 2 aromatic carbocycles. The van der Waals surface area contributed by atoms with Crippen LogP contribution in [0.5, 0.6) is 0 Å². The summed E-state index contributed by atoms with van der Waals surface area (Å²) in [7, 11) is 1.97. The van der Waals surface area contributed by atoms with Crippen LogP contribution in [-0.2, 0) is 7.05 Å². The number of benzene rings is 2. The molecule has 1 amide bonds. The highest BCUT2D eigenvalue weighted by molar-refractivity contribution is 6.09.